The predicted octanol–water partition coefficient (Wildman–Crippen LogP) is 4.22. The molecule has 0 aliphatic carbocycles. The van der Waals surface area contributed by atoms with Gasteiger partial charge in [-0.2, -0.15) is 13.2 Å². The van der Waals surface area contributed by atoms with Crippen LogP contribution in [0.25, 0.3) is 0 Å². The molecule has 12 heteroatoms. The standard InChI is InChI=1S/C21H24F5N3O2.2ClH/c1-20(2,3)29-19(31)13-5-7-18(21(24,25)26)28-16(13)10-17(30)15(27)9-11-8-12(22)4-6-14(11)23;;/h4-8,15,17,30H,9-10,27H2,1-3H3,(H,29,31);2*1H/t15-,17+;;/m1../s1. The third-order valence-corrected chi connectivity index (χ3v) is 4.36. The molecular formula is C21H26Cl2F5N3O2. The monoisotopic (exact) mass is 517 g/mol. The molecule has 0 aliphatic rings. The number of carbonyl (C=O) groups excluding carboxylic acids is 1. The van der Waals surface area contributed by atoms with Gasteiger partial charge in [-0.1, -0.05) is 0 Å². The summed E-state index contributed by atoms with van der Waals surface area (Å²) in [5, 5.41) is 13.1. The van der Waals surface area contributed by atoms with Crippen molar-refractivity contribution in [2.75, 3.05) is 0 Å². The van der Waals surface area contributed by atoms with Crippen LogP contribution >= 0.6 is 24.8 Å². The van der Waals surface area contributed by atoms with Crippen LogP contribution in [-0.4, -0.2) is 33.7 Å². The number of aliphatic hydroxyl groups is 1. The van der Waals surface area contributed by atoms with Gasteiger partial charge < -0.3 is 16.2 Å². The summed E-state index contributed by atoms with van der Waals surface area (Å²) in [6, 6.07) is 3.27. The van der Waals surface area contributed by atoms with E-state index in [0.717, 1.165) is 24.3 Å². The highest BCUT2D eigenvalue weighted by Crippen LogP contribution is 2.29. The normalized spacial score (nSPS) is 13.4. The van der Waals surface area contributed by atoms with Crippen molar-refractivity contribution in [1.29, 1.82) is 0 Å². The van der Waals surface area contributed by atoms with Crippen LogP contribution in [0.1, 0.15) is 48.1 Å². The van der Waals surface area contributed by atoms with E-state index in [-0.39, 0.29) is 48.1 Å². The molecule has 1 aromatic heterocycles. The maximum atomic E-state index is 13.8. The molecule has 5 nitrogen and oxygen atoms in total. The highest BCUT2D eigenvalue weighted by atomic mass is 35.5. The van der Waals surface area contributed by atoms with Crippen LogP contribution in [0.3, 0.4) is 0 Å². The number of pyridine rings is 1. The highest BCUT2D eigenvalue weighted by molar-refractivity contribution is 5.95. The summed E-state index contributed by atoms with van der Waals surface area (Å²) >= 11 is 0. The van der Waals surface area contributed by atoms with E-state index in [1.165, 1.54) is 0 Å². The maximum absolute atomic E-state index is 13.8. The fourth-order valence-electron chi connectivity index (χ4n) is 2.87. The Morgan fingerprint density at radius 1 is 1.09 bits per heavy atom. The number of carbonyl (C=O) groups is 1. The lowest BCUT2D eigenvalue weighted by atomic mass is 9.96. The third kappa shape index (κ3) is 9.04. The van der Waals surface area contributed by atoms with Crippen molar-refractivity contribution < 1.29 is 31.9 Å². The lowest BCUT2D eigenvalue weighted by Gasteiger charge is -2.23. The van der Waals surface area contributed by atoms with E-state index in [4.69, 9.17) is 5.73 Å². The predicted molar refractivity (Wildman–Crippen MR) is 119 cm³/mol. The summed E-state index contributed by atoms with van der Waals surface area (Å²) in [4.78, 5) is 16.1. The lowest BCUT2D eigenvalue weighted by Crippen LogP contribution is -2.42. The molecule has 2 rings (SSSR count). The maximum Gasteiger partial charge on any atom is 0.433 e. The number of halogens is 7. The number of benzene rings is 1. The Labute approximate surface area is 200 Å². The molecule has 0 saturated carbocycles. The summed E-state index contributed by atoms with van der Waals surface area (Å²) in [5.74, 6) is -2.09. The van der Waals surface area contributed by atoms with Crippen LogP contribution in [0.2, 0.25) is 0 Å². The van der Waals surface area contributed by atoms with E-state index >= 15 is 0 Å². The molecule has 0 spiro atoms. The summed E-state index contributed by atoms with van der Waals surface area (Å²) in [6.45, 7) is 5.08. The number of nitrogens with two attached hydrogens (primary N) is 1. The zero-order valence-corrected chi connectivity index (χ0v) is 19.7. The number of hydrogen-bond acceptors (Lipinski definition) is 4. The zero-order valence-electron chi connectivity index (χ0n) is 18.0. The number of amides is 1. The minimum atomic E-state index is -4.76. The first-order valence-electron chi connectivity index (χ1n) is 9.44. The number of nitrogens with zero attached hydrogens (tertiary/aromatic N) is 1. The first-order valence-corrected chi connectivity index (χ1v) is 9.44. The van der Waals surface area contributed by atoms with E-state index in [2.05, 4.69) is 10.3 Å². The number of alkyl halides is 3. The van der Waals surface area contributed by atoms with E-state index in [0.29, 0.717) is 6.07 Å². The molecule has 0 bridgehead atoms. The molecule has 0 fully saturated rings. The van der Waals surface area contributed by atoms with Gasteiger partial charge in [0.2, 0.25) is 0 Å². The van der Waals surface area contributed by atoms with Gasteiger partial charge in [0.05, 0.1) is 17.4 Å². The van der Waals surface area contributed by atoms with E-state index in [1.807, 2.05) is 0 Å². The first-order chi connectivity index (χ1) is 14.2. The molecule has 1 aromatic carbocycles. The smallest absolute Gasteiger partial charge is 0.391 e. The molecule has 0 radical (unpaired) electrons. The third-order valence-electron chi connectivity index (χ3n) is 4.36. The van der Waals surface area contributed by atoms with E-state index in [9.17, 15) is 31.9 Å². The number of aliphatic hydroxyl groups excluding tert-OH is 1. The van der Waals surface area contributed by atoms with Crippen LogP contribution in [0.15, 0.2) is 30.3 Å². The van der Waals surface area contributed by atoms with Gasteiger partial charge in [-0.05, 0) is 63.1 Å². The second kappa shape index (κ2) is 11.9. The molecule has 0 saturated heterocycles. The number of nitrogens with one attached hydrogen (secondary N) is 1. The van der Waals surface area contributed by atoms with Crippen molar-refractivity contribution in [1.82, 2.24) is 10.3 Å². The molecule has 2 atom stereocenters. The number of hydrogen-bond donors (Lipinski definition) is 3. The Hall–Kier alpha value is -2.01. The van der Waals surface area contributed by atoms with Gasteiger partial charge in [0.1, 0.15) is 17.3 Å². The summed E-state index contributed by atoms with van der Waals surface area (Å²) in [5.41, 5.74) is 3.44. The van der Waals surface area contributed by atoms with Crippen molar-refractivity contribution >= 4 is 30.7 Å². The summed E-state index contributed by atoms with van der Waals surface area (Å²) in [7, 11) is 0. The van der Waals surface area contributed by atoms with Crippen molar-refractivity contribution in [2.24, 2.45) is 5.73 Å². The molecule has 4 N–H and O–H groups in total. The quantitative estimate of drug-likeness (QED) is 0.500. The summed E-state index contributed by atoms with van der Waals surface area (Å²) < 4.78 is 66.5. The molecule has 2 aromatic rings. The molecule has 0 unspecified atom stereocenters. The zero-order chi connectivity index (χ0) is 23.6. The first kappa shape index (κ1) is 31.0. The Morgan fingerprint density at radius 2 is 1.70 bits per heavy atom. The molecule has 33 heavy (non-hydrogen) atoms. The van der Waals surface area contributed by atoms with Crippen molar-refractivity contribution in [3.8, 4) is 0 Å². The van der Waals surface area contributed by atoms with E-state index < -0.39 is 53.5 Å². The molecule has 1 amide bonds. The summed E-state index contributed by atoms with van der Waals surface area (Å²) in [6.07, 6.45) is -6.99. The van der Waals surface area contributed by atoms with Crippen LogP contribution in [0.4, 0.5) is 22.0 Å². The fourth-order valence-corrected chi connectivity index (χ4v) is 2.87. The van der Waals surface area contributed by atoms with E-state index in [1.54, 1.807) is 20.8 Å². The second-order valence-corrected chi connectivity index (χ2v) is 8.27. The molecule has 0 aliphatic heterocycles. The van der Waals surface area contributed by atoms with Crippen molar-refractivity contribution in [3.63, 3.8) is 0 Å². The Bertz CT molecular complexity index is 952. The van der Waals surface area contributed by atoms with Crippen LogP contribution in [0.5, 0.6) is 0 Å². The van der Waals surface area contributed by atoms with Crippen LogP contribution in [0, 0.1) is 11.6 Å². The average Bonchev–Trinajstić information content (AvgIpc) is 2.62. The number of rotatable bonds is 6. The van der Waals surface area contributed by atoms with Gasteiger partial charge in [-0.25, -0.2) is 13.8 Å². The van der Waals surface area contributed by atoms with Crippen molar-refractivity contribution in [3.05, 3.63) is 64.5 Å². The van der Waals surface area contributed by atoms with Gasteiger partial charge in [0.25, 0.3) is 5.91 Å². The number of aromatic nitrogens is 1. The van der Waals surface area contributed by atoms with Gasteiger partial charge in [0.15, 0.2) is 0 Å². The Morgan fingerprint density at radius 3 is 2.24 bits per heavy atom. The van der Waals surface area contributed by atoms with Gasteiger partial charge in [-0.15, -0.1) is 24.8 Å². The second-order valence-electron chi connectivity index (χ2n) is 8.27. The van der Waals surface area contributed by atoms with Gasteiger partial charge >= 0.3 is 6.18 Å². The van der Waals surface area contributed by atoms with Crippen molar-refractivity contribution in [2.45, 2.75) is 57.5 Å². The fraction of sp³-hybridized carbons (Fsp3) is 0.429. The SMILES string of the molecule is CC(C)(C)NC(=O)c1ccc(C(F)(F)F)nc1C[C@H](O)[C@H](N)Cc1cc(F)ccc1F.Cl.Cl. The molecule has 1 heterocycles. The molecule has 186 valence electrons. The minimum absolute atomic E-state index is 0. The van der Waals surface area contributed by atoms with Gasteiger partial charge in [-0.3, -0.25) is 4.79 Å². The Kier molecular flexibility index (Phi) is 11.2. The Balaban J connectivity index is 0.00000512. The highest BCUT2D eigenvalue weighted by Gasteiger charge is 2.34. The van der Waals surface area contributed by atoms with Crippen LogP contribution < -0.4 is 11.1 Å². The topological polar surface area (TPSA) is 88.2 Å². The van der Waals surface area contributed by atoms with Gasteiger partial charge in [0, 0.05) is 18.0 Å². The molecular weight excluding hydrogens is 492 g/mol. The van der Waals surface area contributed by atoms with Crippen LogP contribution in [-0.2, 0) is 19.0 Å². The lowest BCUT2D eigenvalue weighted by molar-refractivity contribution is -0.141. The minimum Gasteiger partial charge on any atom is -0.391 e. The largest absolute Gasteiger partial charge is 0.433 e. The average molecular weight is 518 g/mol.